The number of benzene rings is 1. The van der Waals surface area contributed by atoms with E-state index in [4.69, 9.17) is 18.5 Å². The Labute approximate surface area is 195 Å². The van der Waals surface area contributed by atoms with Crippen LogP contribution in [0.25, 0.3) is 0 Å². The molecule has 0 N–H and O–H groups in total. The predicted molar refractivity (Wildman–Crippen MR) is 115 cm³/mol. The van der Waals surface area contributed by atoms with Crippen LogP contribution in [-0.4, -0.2) is 37.7 Å². The van der Waals surface area contributed by atoms with Gasteiger partial charge in [0.2, 0.25) is 0 Å². The summed E-state index contributed by atoms with van der Waals surface area (Å²) in [4.78, 5) is 0. The summed E-state index contributed by atoms with van der Waals surface area (Å²) in [5.74, 6) is -5.56. The molecule has 0 saturated heterocycles. The summed E-state index contributed by atoms with van der Waals surface area (Å²) >= 11 is 0. The molecule has 34 heavy (non-hydrogen) atoms. The quantitative estimate of drug-likeness (QED) is 0.201. The maximum Gasteiger partial charge on any atom is 0.165 e. The second kappa shape index (κ2) is 11.6. The summed E-state index contributed by atoms with van der Waals surface area (Å²) in [6.45, 7) is 4.32. The molecule has 0 spiro atoms. The SMILES string of the molecule is COCCCc1c(C)noc1Cc1c(F)c(F)c(Cc2onc(C)c2CCCOC)c(F)c1F. The third-order valence-electron chi connectivity index (χ3n) is 5.80. The largest absolute Gasteiger partial charge is 0.385 e. The van der Waals surface area contributed by atoms with Crippen LogP contribution in [0.5, 0.6) is 0 Å². The van der Waals surface area contributed by atoms with Gasteiger partial charge in [0.25, 0.3) is 0 Å². The summed E-state index contributed by atoms with van der Waals surface area (Å²) in [6, 6.07) is 0. The first kappa shape index (κ1) is 25.9. The highest BCUT2D eigenvalue weighted by molar-refractivity contribution is 5.37. The van der Waals surface area contributed by atoms with Crippen molar-refractivity contribution >= 4 is 0 Å². The van der Waals surface area contributed by atoms with Gasteiger partial charge >= 0.3 is 0 Å². The number of ether oxygens (including phenoxy) is 2. The summed E-state index contributed by atoms with van der Waals surface area (Å²) in [6.07, 6.45) is 1.28. The van der Waals surface area contributed by atoms with Crippen LogP contribution in [0.2, 0.25) is 0 Å². The lowest BCUT2D eigenvalue weighted by atomic mass is 9.97. The first-order valence-electron chi connectivity index (χ1n) is 11.0. The second-order valence-corrected chi connectivity index (χ2v) is 8.10. The number of methoxy groups -OCH3 is 2. The lowest BCUT2D eigenvalue weighted by Gasteiger charge is -2.12. The number of hydrogen-bond donors (Lipinski definition) is 0. The highest BCUT2D eigenvalue weighted by atomic mass is 19.2. The fraction of sp³-hybridized carbons (Fsp3) is 0.500. The number of rotatable bonds is 12. The number of aryl methyl sites for hydroxylation is 2. The first-order valence-corrected chi connectivity index (χ1v) is 11.0. The summed E-state index contributed by atoms with van der Waals surface area (Å²) < 4.78 is 80.3. The molecule has 6 nitrogen and oxygen atoms in total. The highest BCUT2D eigenvalue weighted by Gasteiger charge is 2.29. The lowest BCUT2D eigenvalue weighted by Crippen LogP contribution is -2.11. The first-order chi connectivity index (χ1) is 16.3. The summed E-state index contributed by atoms with van der Waals surface area (Å²) in [7, 11) is 3.11. The Hall–Kier alpha value is -2.72. The molecule has 0 radical (unpaired) electrons. The predicted octanol–water partition coefficient (Wildman–Crippen LogP) is 5.18. The third-order valence-corrected chi connectivity index (χ3v) is 5.80. The average molecular weight is 484 g/mol. The zero-order chi connectivity index (χ0) is 24.8. The van der Waals surface area contributed by atoms with Crippen LogP contribution in [0.1, 0.15) is 58.0 Å². The van der Waals surface area contributed by atoms with Crippen LogP contribution >= 0.6 is 0 Å². The van der Waals surface area contributed by atoms with Crippen LogP contribution in [0.3, 0.4) is 0 Å². The van der Waals surface area contributed by atoms with Gasteiger partial charge in [-0.05, 0) is 39.5 Å². The monoisotopic (exact) mass is 484 g/mol. The van der Waals surface area contributed by atoms with Crippen molar-refractivity contribution < 1.29 is 36.1 Å². The molecule has 0 atom stereocenters. The minimum Gasteiger partial charge on any atom is -0.385 e. The van der Waals surface area contributed by atoms with Crippen molar-refractivity contribution in [3.63, 3.8) is 0 Å². The van der Waals surface area contributed by atoms with Gasteiger partial charge in [-0.3, -0.25) is 0 Å². The van der Waals surface area contributed by atoms with E-state index in [1.807, 2.05) is 0 Å². The molecule has 0 aliphatic heterocycles. The number of aromatic nitrogens is 2. The molecule has 2 heterocycles. The standard InChI is InChI=1S/C24H28F4N2O4/c1-13-15(7-5-9-31-3)19(33-29-13)11-17-21(25)23(27)18(24(28)22(17)26)12-20-16(8-6-10-32-4)14(2)30-34-20/h5-12H2,1-4H3. The fourth-order valence-corrected chi connectivity index (χ4v) is 3.93. The van der Waals surface area contributed by atoms with E-state index in [0.717, 1.165) is 0 Å². The lowest BCUT2D eigenvalue weighted by molar-refractivity contribution is 0.195. The minimum absolute atomic E-state index is 0.157. The molecule has 0 bridgehead atoms. The van der Waals surface area contributed by atoms with Crippen molar-refractivity contribution in [2.75, 3.05) is 27.4 Å². The van der Waals surface area contributed by atoms with Gasteiger partial charge in [0.1, 0.15) is 11.5 Å². The van der Waals surface area contributed by atoms with Gasteiger partial charge in [0.15, 0.2) is 23.3 Å². The topological polar surface area (TPSA) is 70.5 Å². The van der Waals surface area contributed by atoms with Crippen molar-refractivity contribution in [1.29, 1.82) is 0 Å². The molecule has 186 valence electrons. The highest BCUT2D eigenvalue weighted by Crippen LogP contribution is 2.30. The molecular formula is C24H28F4N2O4. The Morgan fingerprint density at radius 3 is 1.29 bits per heavy atom. The molecule has 0 amide bonds. The maximum atomic E-state index is 15.0. The molecule has 2 aromatic heterocycles. The molecule has 3 aromatic rings. The van der Waals surface area contributed by atoms with Crippen molar-refractivity contribution in [2.24, 2.45) is 0 Å². The molecule has 10 heteroatoms. The molecular weight excluding hydrogens is 456 g/mol. The maximum absolute atomic E-state index is 15.0. The zero-order valence-corrected chi connectivity index (χ0v) is 19.7. The molecule has 0 aliphatic rings. The van der Waals surface area contributed by atoms with E-state index in [-0.39, 0.29) is 11.5 Å². The molecule has 0 aliphatic carbocycles. The Kier molecular flexibility index (Phi) is 8.84. The van der Waals surface area contributed by atoms with E-state index < -0.39 is 47.2 Å². The van der Waals surface area contributed by atoms with Crippen LogP contribution in [0.4, 0.5) is 17.6 Å². The Balaban J connectivity index is 1.91. The second-order valence-electron chi connectivity index (χ2n) is 8.10. The molecule has 0 saturated carbocycles. The molecule has 0 fully saturated rings. The van der Waals surface area contributed by atoms with E-state index in [1.165, 1.54) is 0 Å². The van der Waals surface area contributed by atoms with Gasteiger partial charge in [0, 0.05) is 62.5 Å². The molecule has 3 rings (SSSR count). The minimum atomic E-state index is -1.47. The van der Waals surface area contributed by atoms with Crippen LogP contribution in [0.15, 0.2) is 9.05 Å². The summed E-state index contributed by atoms with van der Waals surface area (Å²) in [5, 5.41) is 7.67. The molecule has 1 aromatic carbocycles. The van der Waals surface area contributed by atoms with Crippen molar-refractivity contribution in [3.05, 3.63) is 68.4 Å². The zero-order valence-electron chi connectivity index (χ0n) is 19.7. The van der Waals surface area contributed by atoms with Crippen LogP contribution < -0.4 is 0 Å². The van der Waals surface area contributed by atoms with E-state index in [0.29, 0.717) is 61.4 Å². The normalized spacial score (nSPS) is 11.5. The van der Waals surface area contributed by atoms with Crippen LogP contribution in [-0.2, 0) is 35.2 Å². The van der Waals surface area contributed by atoms with E-state index in [9.17, 15) is 17.6 Å². The van der Waals surface area contributed by atoms with Crippen molar-refractivity contribution in [2.45, 2.75) is 52.4 Å². The van der Waals surface area contributed by atoms with E-state index in [2.05, 4.69) is 10.3 Å². The summed E-state index contributed by atoms with van der Waals surface area (Å²) in [5.41, 5.74) is 0.864. The van der Waals surface area contributed by atoms with Gasteiger partial charge in [-0.15, -0.1) is 0 Å². The Morgan fingerprint density at radius 1 is 0.618 bits per heavy atom. The number of hydrogen-bond acceptors (Lipinski definition) is 6. The van der Waals surface area contributed by atoms with Gasteiger partial charge in [-0.25, -0.2) is 17.6 Å². The van der Waals surface area contributed by atoms with E-state index in [1.54, 1.807) is 28.1 Å². The average Bonchev–Trinajstić information content (AvgIpc) is 3.35. The fourth-order valence-electron chi connectivity index (χ4n) is 3.93. The Bertz CT molecular complexity index is 1010. The van der Waals surface area contributed by atoms with Gasteiger partial charge < -0.3 is 18.5 Å². The van der Waals surface area contributed by atoms with Crippen molar-refractivity contribution in [1.82, 2.24) is 10.3 Å². The van der Waals surface area contributed by atoms with Gasteiger partial charge in [0.05, 0.1) is 11.4 Å². The van der Waals surface area contributed by atoms with Crippen LogP contribution in [0, 0.1) is 37.1 Å². The van der Waals surface area contributed by atoms with Gasteiger partial charge in [-0.2, -0.15) is 0 Å². The van der Waals surface area contributed by atoms with E-state index >= 15 is 0 Å². The third kappa shape index (κ3) is 5.50. The Morgan fingerprint density at radius 2 is 0.971 bits per heavy atom. The smallest absolute Gasteiger partial charge is 0.165 e. The number of nitrogens with zero attached hydrogens (tertiary/aromatic N) is 2. The number of halogens is 4. The molecule has 0 unspecified atom stereocenters. The van der Waals surface area contributed by atoms with Gasteiger partial charge in [-0.1, -0.05) is 10.3 Å². The van der Waals surface area contributed by atoms with Crippen molar-refractivity contribution in [3.8, 4) is 0 Å².